The van der Waals surface area contributed by atoms with Crippen LogP contribution < -0.4 is 5.32 Å². The molecule has 2 aromatic rings. The molecular weight excluding hydrogens is 373 g/mol. The van der Waals surface area contributed by atoms with Gasteiger partial charge in [-0.2, -0.15) is 0 Å². The maximum Gasteiger partial charge on any atom is 0.115 e. The fraction of sp³-hybridized carbons (Fsp3) is 0.333. The summed E-state index contributed by atoms with van der Waals surface area (Å²) in [6.45, 7) is 4.43. The Bertz CT molecular complexity index is 550. The van der Waals surface area contributed by atoms with Crippen LogP contribution in [-0.4, -0.2) is 11.1 Å². The fourth-order valence-electron chi connectivity index (χ4n) is 2.40. The predicted octanol–water partition coefficient (Wildman–Crippen LogP) is 4.67. The van der Waals surface area contributed by atoms with E-state index in [-0.39, 0.29) is 0 Å². The molecule has 2 N–H and O–H groups in total. The Morgan fingerprint density at radius 1 is 1.00 bits per heavy atom. The number of halogens is 1. The van der Waals surface area contributed by atoms with E-state index in [9.17, 15) is 5.11 Å². The molecule has 0 saturated carbocycles. The van der Waals surface area contributed by atoms with Gasteiger partial charge in [0.25, 0.3) is 0 Å². The van der Waals surface area contributed by atoms with E-state index in [2.05, 4.69) is 66.0 Å². The highest BCUT2D eigenvalue weighted by atomic mass is 127. The van der Waals surface area contributed by atoms with Crippen molar-refractivity contribution in [3.8, 4) is 5.75 Å². The van der Waals surface area contributed by atoms with Gasteiger partial charge in [-0.05, 0) is 84.7 Å². The molecule has 112 valence electrons. The number of benzene rings is 2. The molecule has 0 saturated heterocycles. The molecule has 0 fully saturated rings. The van der Waals surface area contributed by atoms with Crippen LogP contribution in [0.4, 0.5) is 0 Å². The molecule has 0 heterocycles. The van der Waals surface area contributed by atoms with E-state index < -0.39 is 0 Å². The number of phenols is 1. The first-order valence-corrected chi connectivity index (χ1v) is 8.42. The lowest BCUT2D eigenvalue weighted by molar-refractivity contribution is 0.456. The molecule has 0 aliphatic heterocycles. The summed E-state index contributed by atoms with van der Waals surface area (Å²) in [6, 6.07) is 17.0. The molecule has 0 aromatic heterocycles. The number of aryl methyl sites for hydroxylation is 1. The maximum atomic E-state index is 9.29. The zero-order valence-corrected chi connectivity index (χ0v) is 14.7. The first kappa shape index (κ1) is 16.3. The van der Waals surface area contributed by atoms with Gasteiger partial charge in [0, 0.05) is 15.7 Å². The molecule has 2 rings (SSSR count). The second kappa shape index (κ2) is 7.80. The summed E-state index contributed by atoms with van der Waals surface area (Å²) in [5, 5.41) is 12.9. The normalized spacial score (nSPS) is 13.9. The van der Waals surface area contributed by atoms with Crippen LogP contribution in [-0.2, 0) is 6.42 Å². The summed E-state index contributed by atoms with van der Waals surface area (Å²) in [6.07, 6.45) is 2.10. The van der Waals surface area contributed by atoms with Crippen LogP contribution in [0.15, 0.2) is 48.5 Å². The van der Waals surface area contributed by atoms with Crippen LogP contribution in [0.2, 0.25) is 0 Å². The largest absolute Gasteiger partial charge is 0.508 e. The first-order valence-electron chi connectivity index (χ1n) is 7.34. The van der Waals surface area contributed by atoms with Gasteiger partial charge in [0.2, 0.25) is 0 Å². The molecule has 21 heavy (non-hydrogen) atoms. The lowest BCUT2D eigenvalue weighted by atomic mass is 10.0. The molecule has 2 atom stereocenters. The van der Waals surface area contributed by atoms with Crippen LogP contribution in [0.3, 0.4) is 0 Å². The van der Waals surface area contributed by atoms with Gasteiger partial charge in [0.1, 0.15) is 5.75 Å². The minimum Gasteiger partial charge on any atom is -0.508 e. The van der Waals surface area contributed by atoms with E-state index in [1.54, 1.807) is 12.1 Å². The van der Waals surface area contributed by atoms with Crippen LogP contribution in [0.5, 0.6) is 5.75 Å². The van der Waals surface area contributed by atoms with Gasteiger partial charge >= 0.3 is 0 Å². The number of rotatable bonds is 6. The fourth-order valence-corrected chi connectivity index (χ4v) is 2.76. The van der Waals surface area contributed by atoms with Crippen LogP contribution in [0.1, 0.15) is 37.4 Å². The standard InChI is InChI=1S/C18H22INO/c1-13(3-4-15-5-11-18(21)12-6-15)20-14(2)16-7-9-17(19)10-8-16/h5-14,20-21H,3-4H2,1-2H3. The highest BCUT2D eigenvalue weighted by Gasteiger charge is 2.09. The van der Waals surface area contributed by atoms with Gasteiger partial charge in [-0.15, -0.1) is 0 Å². The molecule has 0 radical (unpaired) electrons. The van der Waals surface area contributed by atoms with E-state index in [4.69, 9.17) is 0 Å². The van der Waals surface area contributed by atoms with Gasteiger partial charge in [-0.25, -0.2) is 0 Å². The minimum atomic E-state index is 0.331. The Morgan fingerprint density at radius 3 is 2.24 bits per heavy atom. The minimum absolute atomic E-state index is 0.331. The predicted molar refractivity (Wildman–Crippen MR) is 96.6 cm³/mol. The molecular formula is C18H22INO. The van der Waals surface area contributed by atoms with Crippen molar-refractivity contribution in [1.82, 2.24) is 5.32 Å². The van der Waals surface area contributed by atoms with Crippen molar-refractivity contribution in [2.75, 3.05) is 0 Å². The number of hydrogen-bond acceptors (Lipinski definition) is 2. The van der Waals surface area contributed by atoms with Gasteiger partial charge < -0.3 is 10.4 Å². The van der Waals surface area contributed by atoms with Gasteiger partial charge in [0.05, 0.1) is 0 Å². The topological polar surface area (TPSA) is 32.3 Å². The van der Waals surface area contributed by atoms with E-state index in [1.165, 1.54) is 14.7 Å². The summed E-state index contributed by atoms with van der Waals surface area (Å²) in [7, 11) is 0. The van der Waals surface area contributed by atoms with Crippen molar-refractivity contribution in [2.45, 2.75) is 38.8 Å². The van der Waals surface area contributed by atoms with E-state index in [1.807, 2.05) is 12.1 Å². The third-order valence-corrected chi connectivity index (χ3v) is 4.43. The molecule has 0 spiro atoms. The monoisotopic (exact) mass is 395 g/mol. The van der Waals surface area contributed by atoms with Crippen molar-refractivity contribution in [3.63, 3.8) is 0 Å². The van der Waals surface area contributed by atoms with Crippen LogP contribution in [0, 0.1) is 3.57 Å². The smallest absolute Gasteiger partial charge is 0.115 e. The number of aromatic hydroxyl groups is 1. The Morgan fingerprint density at radius 2 is 1.62 bits per heavy atom. The number of hydrogen-bond donors (Lipinski definition) is 2. The molecule has 0 bridgehead atoms. The Balaban J connectivity index is 1.82. The quantitative estimate of drug-likeness (QED) is 0.697. The maximum absolute atomic E-state index is 9.29. The second-order valence-corrected chi connectivity index (χ2v) is 6.79. The SMILES string of the molecule is CC(CCc1ccc(O)cc1)NC(C)c1ccc(I)cc1. The summed E-state index contributed by atoms with van der Waals surface area (Å²) < 4.78 is 1.27. The number of phenolic OH excluding ortho intramolecular Hbond substituents is 1. The zero-order chi connectivity index (χ0) is 15.2. The molecule has 0 amide bonds. The Kier molecular flexibility index (Phi) is 6.06. The average Bonchev–Trinajstić information content (AvgIpc) is 2.47. The summed E-state index contributed by atoms with van der Waals surface area (Å²) in [4.78, 5) is 0. The lowest BCUT2D eigenvalue weighted by Crippen LogP contribution is -2.29. The van der Waals surface area contributed by atoms with Crippen molar-refractivity contribution >= 4 is 22.6 Å². The Labute approximate surface area is 140 Å². The molecule has 2 unspecified atom stereocenters. The number of nitrogens with one attached hydrogen (secondary N) is 1. The van der Waals surface area contributed by atoms with Crippen molar-refractivity contribution < 1.29 is 5.11 Å². The van der Waals surface area contributed by atoms with Crippen LogP contribution in [0.25, 0.3) is 0 Å². The highest BCUT2D eigenvalue weighted by molar-refractivity contribution is 14.1. The Hall–Kier alpha value is -1.07. The molecule has 3 heteroatoms. The summed E-state index contributed by atoms with van der Waals surface area (Å²) >= 11 is 2.33. The van der Waals surface area contributed by atoms with Crippen molar-refractivity contribution in [2.24, 2.45) is 0 Å². The third-order valence-electron chi connectivity index (χ3n) is 3.71. The molecule has 2 nitrogen and oxygen atoms in total. The average molecular weight is 395 g/mol. The zero-order valence-electron chi connectivity index (χ0n) is 12.5. The van der Waals surface area contributed by atoms with Gasteiger partial charge in [-0.3, -0.25) is 0 Å². The molecule has 0 aliphatic carbocycles. The first-order chi connectivity index (χ1) is 10.0. The lowest BCUT2D eigenvalue weighted by Gasteiger charge is -2.20. The highest BCUT2D eigenvalue weighted by Crippen LogP contribution is 2.17. The van der Waals surface area contributed by atoms with Gasteiger partial charge in [0.15, 0.2) is 0 Å². The van der Waals surface area contributed by atoms with Crippen molar-refractivity contribution in [1.29, 1.82) is 0 Å². The summed E-state index contributed by atoms with van der Waals surface area (Å²) in [5.74, 6) is 0.331. The second-order valence-electron chi connectivity index (χ2n) is 5.55. The molecule has 0 aliphatic rings. The van der Waals surface area contributed by atoms with E-state index in [0.717, 1.165) is 12.8 Å². The third kappa shape index (κ3) is 5.32. The summed E-state index contributed by atoms with van der Waals surface area (Å²) in [5.41, 5.74) is 2.59. The van der Waals surface area contributed by atoms with E-state index >= 15 is 0 Å². The van der Waals surface area contributed by atoms with E-state index in [0.29, 0.717) is 17.8 Å². The van der Waals surface area contributed by atoms with Crippen molar-refractivity contribution in [3.05, 3.63) is 63.2 Å². The van der Waals surface area contributed by atoms with Crippen LogP contribution >= 0.6 is 22.6 Å². The molecule has 2 aromatic carbocycles. The van der Waals surface area contributed by atoms with Gasteiger partial charge in [-0.1, -0.05) is 24.3 Å².